The first kappa shape index (κ1) is 13.2. The van der Waals surface area contributed by atoms with Gasteiger partial charge in [-0.05, 0) is 33.3 Å². The number of hydrogen-bond acceptors (Lipinski definition) is 2. The predicted molar refractivity (Wildman–Crippen MR) is 66.4 cm³/mol. The maximum absolute atomic E-state index is 5.84. The SMILES string of the molecule is CC(C)OCC(C)(C)OCc1ccccc1. The van der Waals surface area contributed by atoms with E-state index in [9.17, 15) is 0 Å². The van der Waals surface area contributed by atoms with Gasteiger partial charge in [-0.2, -0.15) is 0 Å². The molecule has 1 aromatic carbocycles. The third kappa shape index (κ3) is 5.29. The van der Waals surface area contributed by atoms with Gasteiger partial charge in [0, 0.05) is 0 Å². The predicted octanol–water partition coefficient (Wildman–Crippen LogP) is 3.41. The monoisotopic (exact) mass is 222 g/mol. The van der Waals surface area contributed by atoms with E-state index >= 15 is 0 Å². The molecule has 2 heteroatoms. The molecule has 0 aromatic heterocycles. The van der Waals surface area contributed by atoms with Crippen LogP contribution in [0.2, 0.25) is 0 Å². The van der Waals surface area contributed by atoms with E-state index in [1.165, 1.54) is 5.56 Å². The van der Waals surface area contributed by atoms with Gasteiger partial charge in [-0.15, -0.1) is 0 Å². The van der Waals surface area contributed by atoms with Crippen molar-refractivity contribution in [3.63, 3.8) is 0 Å². The van der Waals surface area contributed by atoms with Gasteiger partial charge in [-0.25, -0.2) is 0 Å². The Hall–Kier alpha value is -0.860. The van der Waals surface area contributed by atoms with E-state index in [-0.39, 0.29) is 11.7 Å². The van der Waals surface area contributed by atoms with Gasteiger partial charge >= 0.3 is 0 Å². The van der Waals surface area contributed by atoms with Gasteiger partial charge in [0.15, 0.2) is 0 Å². The van der Waals surface area contributed by atoms with Crippen LogP contribution in [0.15, 0.2) is 30.3 Å². The molecule has 1 rings (SSSR count). The zero-order valence-corrected chi connectivity index (χ0v) is 10.7. The van der Waals surface area contributed by atoms with E-state index in [1.807, 2.05) is 32.0 Å². The van der Waals surface area contributed by atoms with Gasteiger partial charge in [0.05, 0.1) is 24.9 Å². The molecule has 0 unspecified atom stereocenters. The highest BCUT2D eigenvalue weighted by molar-refractivity contribution is 5.13. The molecule has 0 fully saturated rings. The third-order valence-electron chi connectivity index (χ3n) is 2.24. The molecule has 0 aliphatic heterocycles. The molecule has 0 amide bonds. The maximum Gasteiger partial charge on any atom is 0.0863 e. The summed E-state index contributed by atoms with van der Waals surface area (Å²) in [5, 5.41) is 0. The molecule has 0 saturated heterocycles. The summed E-state index contributed by atoms with van der Waals surface area (Å²) in [6, 6.07) is 10.2. The Balaban J connectivity index is 2.36. The van der Waals surface area contributed by atoms with Crippen LogP contribution in [0.25, 0.3) is 0 Å². The molecule has 0 bridgehead atoms. The van der Waals surface area contributed by atoms with Crippen LogP contribution in [0, 0.1) is 0 Å². The highest BCUT2D eigenvalue weighted by Gasteiger charge is 2.19. The van der Waals surface area contributed by atoms with E-state index in [4.69, 9.17) is 9.47 Å². The molecule has 0 aliphatic carbocycles. The summed E-state index contributed by atoms with van der Waals surface area (Å²) in [6.07, 6.45) is 0.250. The van der Waals surface area contributed by atoms with Crippen LogP contribution in [-0.2, 0) is 16.1 Å². The van der Waals surface area contributed by atoms with E-state index in [0.717, 1.165) is 0 Å². The minimum atomic E-state index is -0.236. The molecule has 1 aromatic rings. The Morgan fingerprint density at radius 1 is 1.12 bits per heavy atom. The van der Waals surface area contributed by atoms with Crippen LogP contribution in [0.1, 0.15) is 33.3 Å². The lowest BCUT2D eigenvalue weighted by molar-refractivity contribution is -0.0954. The van der Waals surface area contributed by atoms with Crippen LogP contribution >= 0.6 is 0 Å². The standard InChI is InChI=1S/C14H22O2/c1-12(2)15-11-14(3,4)16-10-13-8-6-5-7-9-13/h5-9,12H,10-11H2,1-4H3. The fraction of sp³-hybridized carbons (Fsp3) is 0.571. The van der Waals surface area contributed by atoms with Crippen molar-refractivity contribution in [2.24, 2.45) is 0 Å². The molecule has 0 heterocycles. The van der Waals surface area contributed by atoms with E-state index in [1.54, 1.807) is 0 Å². The van der Waals surface area contributed by atoms with Crippen molar-refractivity contribution in [2.75, 3.05) is 6.61 Å². The Morgan fingerprint density at radius 3 is 2.31 bits per heavy atom. The Kier molecular flexibility index (Phi) is 4.97. The summed E-state index contributed by atoms with van der Waals surface area (Å²) < 4.78 is 11.4. The van der Waals surface area contributed by atoms with Crippen molar-refractivity contribution < 1.29 is 9.47 Å². The summed E-state index contributed by atoms with van der Waals surface area (Å²) >= 11 is 0. The normalized spacial score (nSPS) is 12.1. The van der Waals surface area contributed by atoms with Crippen LogP contribution in [0.3, 0.4) is 0 Å². The largest absolute Gasteiger partial charge is 0.376 e. The van der Waals surface area contributed by atoms with Gasteiger partial charge in [0.25, 0.3) is 0 Å². The second-order valence-corrected chi connectivity index (χ2v) is 4.89. The first-order valence-corrected chi connectivity index (χ1v) is 5.79. The van der Waals surface area contributed by atoms with Gasteiger partial charge in [-0.1, -0.05) is 30.3 Å². The fourth-order valence-corrected chi connectivity index (χ4v) is 1.26. The summed E-state index contributed by atoms with van der Waals surface area (Å²) in [4.78, 5) is 0. The highest BCUT2D eigenvalue weighted by Crippen LogP contribution is 2.14. The van der Waals surface area contributed by atoms with Crippen molar-refractivity contribution >= 4 is 0 Å². The average molecular weight is 222 g/mol. The fourth-order valence-electron chi connectivity index (χ4n) is 1.26. The van der Waals surface area contributed by atoms with Gasteiger partial charge in [0.2, 0.25) is 0 Å². The lowest BCUT2D eigenvalue weighted by Gasteiger charge is -2.26. The van der Waals surface area contributed by atoms with Crippen LogP contribution in [0.4, 0.5) is 0 Å². The number of ether oxygens (including phenoxy) is 2. The lowest BCUT2D eigenvalue weighted by Crippen LogP contribution is -2.31. The molecule has 0 atom stereocenters. The molecule has 0 aliphatic rings. The minimum Gasteiger partial charge on any atom is -0.376 e. The highest BCUT2D eigenvalue weighted by atomic mass is 16.5. The molecule has 0 radical (unpaired) electrons. The van der Waals surface area contributed by atoms with Crippen LogP contribution < -0.4 is 0 Å². The molecule has 0 spiro atoms. The Morgan fingerprint density at radius 2 is 1.75 bits per heavy atom. The molecule has 2 nitrogen and oxygen atoms in total. The second kappa shape index (κ2) is 6.02. The lowest BCUT2D eigenvalue weighted by atomic mass is 10.1. The number of hydrogen-bond donors (Lipinski definition) is 0. The first-order chi connectivity index (χ1) is 7.49. The Labute approximate surface area is 98.6 Å². The zero-order chi connectivity index (χ0) is 12.0. The topological polar surface area (TPSA) is 18.5 Å². The third-order valence-corrected chi connectivity index (χ3v) is 2.24. The smallest absolute Gasteiger partial charge is 0.0863 e. The first-order valence-electron chi connectivity index (χ1n) is 5.79. The molecule has 90 valence electrons. The Bertz CT molecular complexity index is 291. The zero-order valence-electron chi connectivity index (χ0n) is 10.7. The minimum absolute atomic E-state index is 0.236. The average Bonchev–Trinajstić information content (AvgIpc) is 2.26. The van der Waals surface area contributed by atoms with Gasteiger partial charge < -0.3 is 9.47 Å². The quantitative estimate of drug-likeness (QED) is 0.734. The van der Waals surface area contributed by atoms with E-state index in [0.29, 0.717) is 13.2 Å². The molecular weight excluding hydrogens is 200 g/mol. The number of benzene rings is 1. The molecule has 0 N–H and O–H groups in total. The molecule has 16 heavy (non-hydrogen) atoms. The van der Waals surface area contributed by atoms with Crippen LogP contribution in [-0.4, -0.2) is 18.3 Å². The second-order valence-electron chi connectivity index (χ2n) is 4.89. The summed E-state index contributed by atoms with van der Waals surface area (Å²) in [5.41, 5.74) is 0.959. The van der Waals surface area contributed by atoms with Crippen molar-refractivity contribution in [1.29, 1.82) is 0 Å². The summed E-state index contributed by atoms with van der Waals surface area (Å²) in [6.45, 7) is 9.43. The molecule has 0 saturated carbocycles. The molecular formula is C14H22O2. The van der Waals surface area contributed by atoms with Gasteiger partial charge in [0.1, 0.15) is 0 Å². The van der Waals surface area contributed by atoms with Crippen molar-refractivity contribution in [1.82, 2.24) is 0 Å². The van der Waals surface area contributed by atoms with E-state index < -0.39 is 0 Å². The van der Waals surface area contributed by atoms with Crippen molar-refractivity contribution in [3.05, 3.63) is 35.9 Å². The van der Waals surface area contributed by atoms with Crippen molar-refractivity contribution in [2.45, 2.75) is 46.0 Å². The summed E-state index contributed by atoms with van der Waals surface area (Å²) in [5.74, 6) is 0. The van der Waals surface area contributed by atoms with Gasteiger partial charge in [-0.3, -0.25) is 0 Å². The summed E-state index contributed by atoms with van der Waals surface area (Å²) in [7, 11) is 0. The maximum atomic E-state index is 5.84. The van der Waals surface area contributed by atoms with E-state index in [2.05, 4.69) is 26.0 Å². The number of rotatable bonds is 6. The van der Waals surface area contributed by atoms with Crippen molar-refractivity contribution in [3.8, 4) is 0 Å². The van der Waals surface area contributed by atoms with Crippen LogP contribution in [0.5, 0.6) is 0 Å².